The Labute approximate surface area is 160 Å². The zero-order valence-corrected chi connectivity index (χ0v) is 15.3. The maximum Gasteiger partial charge on any atom is 0.254 e. The second-order valence-corrected chi connectivity index (χ2v) is 6.28. The minimum absolute atomic E-state index is 0.0501. The highest BCUT2D eigenvalue weighted by atomic mass is 19.1. The van der Waals surface area contributed by atoms with Crippen molar-refractivity contribution in [3.05, 3.63) is 65.5 Å². The van der Waals surface area contributed by atoms with Crippen molar-refractivity contribution in [2.45, 2.75) is 19.9 Å². The molecule has 1 aromatic heterocycles. The van der Waals surface area contributed by atoms with Gasteiger partial charge >= 0.3 is 0 Å². The molecule has 2 N–H and O–H groups in total. The number of nitrogens with one attached hydrogen (secondary N) is 2. The number of hydrogen-bond acceptors (Lipinski definition) is 3. The predicted molar refractivity (Wildman–Crippen MR) is 101 cm³/mol. The van der Waals surface area contributed by atoms with Crippen LogP contribution < -0.4 is 10.6 Å². The largest absolute Gasteiger partial charge is 0.354 e. The maximum atomic E-state index is 13.5. The van der Waals surface area contributed by atoms with Gasteiger partial charge in [0.25, 0.3) is 5.91 Å². The van der Waals surface area contributed by atoms with Crippen LogP contribution >= 0.6 is 0 Å². The number of hydrogen-bond donors (Lipinski definition) is 2. The average molecular weight is 386 g/mol. The zero-order chi connectivity index (χ0) is 20.1. The SMILES string of the molecule is Cc1nc2ccccc2n1CCNC(=O)CCNC(=O)c1ccc(F)cc1F. The quantitative estimate of drug-likeness (QED) is 0.655. The van der Waals surface area contributed by atoms with Gasteiger partial charge < -0.3 is 15.2 Å². The number of aromatic nitrogens is 2. The van der Waals surface area contributed by atoms with E-state index in [0.29, 0.717) is 19.2 Å². The van der Waals surface area contributed by atoms with Gasteiger partial charge in [-0.15, -0.1) is 0 Å². The molecule has 0 aliphatic heterocycles. The Morgan fingerprint density at radius 2 is 1.86 bits per heavy atom. The lowest BCUT2D eigenvalue weighted by molar-refractivity contribution is -0.120. The Balaban J connectivity index is 1.43. The molecule has 0 atom stereocenters. The van der Waals surface area contributed by atoms with E-state index in [-0.39, 0.29) is 24.4 Å². The van der Waals surface area contributed by atoms with E-state index in [1.54, 1.807) is 0 Å². The number of nitrogens with zero attached hydrogens (tertiary/aromatic N) is 2. The summed E-state index contributed by atoms with van der Waals surface area (Å²) in [6.07, 6.45) is 0.0538. The summed E-state index contributed by atoms with van der Waals surface area (Å²) in [5.74, 6) is -1.75. The van der Waals surface area contributed by atoms with E-state index in [4.69, 9.17) is 0 Å². The molecule has 0 saturated heterocycles. The van der Waals surface area contributed by atoms with Crippen LogP contribution in [-0.4, -0.2) is 34.5 Å². The Kier molecular flexibility index (Phi) is 5.98. The van der Waals surface area contributed by atoms with Crippen molar-refractivity contribution in [1.82, 2.24) is 20.2 Å². The predicted octanol–water partition coefficient (Wildman–Crippen LogP) is 2.56. The number of rotatable bonds is 7. The Hall–Kier alpha value is -3.29. The summed E-state index contributed by atoms with van der Waals surface area (Å²) >= 11 is 0. The lowest BCUT2D eigenvalue weighted by Crippen LogP contribution is -2.32. The Morgan fingerprint density at radius 3 is 2.64 bits per heavy atom. The van der Waals surface area contributed by atoms with Gasteiger partial charge in [-0.3, -0.25) is 9.59 Å². The monoisotopic (exact) mass is 386 g/mol. The van der Waals surface area contributed by atoms with E-state index in [1.165, 1.54) is 0 Å². The summed E-state index contributed by atoms with van der Waals surface area (Å²) in [6.45, 7) is 2.95. The Morgan fingerprint density at radius 1 is 1.07 bits per heavy atom. The van der Waals surface area contributed by atoms with E-state index in [2.05, 4.69) is 15.6 Å². The summed E-state index contributed by atoms with van der Waals surface area (Å²) < 4.78 is 28.4. The molecule has 0 saturated carbocycles. The molecule has 2 amide bonds. The fourth-order valence-corrected chi connectivity index (χ4v) is 2.93. The van der Waals surface area contributed by atoms with Gasteiger partial charge in [0.2, 0.25) is 5.91 Å². The second kappa shape index (κ2) is 8.60. The molecule has 3 rings (SSSR count). The molecule has 0 bridgehead atoms. The lowest BCUT2D eigenvalue weighted by atomic mass is 10.2. The number of imidazole rings is 1. The third kappa shape index (κ3) is 4.51. The topological polar surface area (TPSA) is 76.0 Å². The molecular formula is C20H20F2N4O2. The smallest absolute Gasteiger partial charge is 0.254 e. The van der Waals surface area contributed by atoms with Gasteiger partial charge in [-0.05, 0) is 31.2 Å². The molecule has 0 aliphatic carbocycles. The molecule has 0 unspecified atom stereocenters. The van der Waals surface area contributed by atoms with Crippen molar-refractivity contribution in [3.63, 3.8) is 0 Å². The van der Waals surface area contributed by atoms with Crippen LogP contribution in [0.5, 0.6) is 0 Å². The molecule has 1 heterocycles. The van der Waals surface area contributed by atoms with Crippen molar-refractivity contribution in [2.75, 3.05) is 13.1 Å². The summed E-state index contributed by atoms with van der Waals surface area (Å²) in [5, 5.41) is 5.23. The van der Waals surface area contributed by atoms with Crippen molar-refractivity contribution < 1.29 is 18.4 Å². The summed E-state index contributed by atoms with van der Waals surface area (Å²) in [7, 11) is 0. The highest BCUT2D eigenvalue weighted by Gasteiger charge is 2.12. The summed E-state index contributed by atoms with van der Waals surface area (Å²) in [4.78, 5) is 28.3. The van der Waals surface area contributed by atoms with Crippen LogP contribution in [0.1, 0.15) is 22.6 Å². The van der Waals surface area contributed by atoms with Crippen molar-refractivity contribution >= 4 is 22.8 Å². The summed E-state index contributed by atoms with van der Waals surface area (Å²) in [5.41, 5.74) is 1.65. The van der Waals surface area contributed by atoms with Gasteiger partial charge in [0.15, 0.2) is 0 Å². The average Bonchev–Trinajstić information content (AvgIpc) is 2.97. The van der Waals surface area contributed by atoms with Gasteiger partial charge in [0, 0.05) is 32.1 Å². The first-order valence-electron chi connectivity index (χ1n) is 8.87. The number of fused-ring (bicyclic) bond motifs is 1. The fourth-order valence-electron chi connectivity index (χ4n) is 2.93. The third-order valence-electron chi connectivity index (χ3n) is 4.32. The van der Waals surface area contributed by atoms with E-state index in [9.17, 15) is 18.4 Å². The van der Waals surface area contributed by atoms with E-state index < -0.39 is 17.5 Å². The van der Waals surface area contributed by atoms with Gasteiger partial charge in [-0.1, -0.05) is 12.1 Å². The molecule has 2 aromatic carbocycles. The molecular weight excluding hydrogens is 366 g/mol. The van der Waals surface area contributed by atoms with Gasteiger partial charge in [0.05, 0.1) is 16.6 Å². The highest BCUT2D eigenvalue weighted by molar-refractivity contribution is 5.94. The molecule has 28 heavy (non-hydrogen) atoms. The van der Waals surface area contributed by atoms with E-state index in [0.717, 1.165) is 29.0 Å². The van der Waals surface area contributed by atoms with Crippen LogP contribution in [0.4, 0.5) is 8.78 Å². The van der Waals surface area contributed by atoms with Crippen molar-refractivity contribution in [2.24, 2.45) is 0 Å². The zero-order valence-electron chi connectivity index (χ0n) is 15.3. The number of para-hydroxylation sites is 2. The fraction of sp³-hybridized carbons (Fsp3) is 0.250. The van der Waals surface area contributed by atoms with Crippen LogP contribution in [0.3, 0.4) is 0 Å². The van der Waals surface area contributed by atoms with Crippen LogP contribution in [0.25, 0.3) is 11.0 Å². The minimum Gasteiger partial charge on any atom is -0.354 e. The van der Waals surface area contributed by atoms with Crippen LogP contribution in [0, 0.1) is 18.6 Å². The third-order valence-corrected chi connectivity index (χ3v) is 4.32. The number of carbonyl (C=O) groups is 2. The van der Waals surface area contributed by atoms with Crippen molar-refractivity contribution in [3.8, 4) is 0 Å². The summed E-state index contributed by atoms with van der Waals surface area (Å²) in [6, 6.07) is 10.5. The molecule has 0 radical (unpaired) electrons. The maximum absolute atomic E-state index is 13.5. The first-order chi connectivity index (χ1) is 13.5. The number of carbonyl (C=O) groups excluding carboxylic acids is 2. The minimum atomic E-state index is -0.940. The van der Waals surface area contributed by atoms with E-state index in [1.807, 2.05) is 35.8 Å². The lowest BCUT2D eigenvalue weighted by Gasteiger charge is -2.09. The molecule has 0 aliphatic rings. The molecule has 3 aromatic rings. The first kappa shape index (κ1) is 19.5. The van der Waals surface area contributed by atoms with E-state index >= 15 is 0 Å². The van der Waals surface area contributed by atoms with Crippen LogP contribution in [-0.2, 0) is 11.3 Å². The molecule has 8 heteroatoms. The van der Waals surface area contributed by atoms with Crippen LogP contribution in [0.15, 0.2) is 42.5 Å². The number of halogens is 2. The molecule has 146 valence electrons. The number of amides is 2. The van der Waals surface area contributed by atoms with Gasteiger partial charge in [-0.2, -0.15) is 0 Å². The highest BCUT2D eigenvalue weighted by Crippen LogP contribution is 2.14. The van der Waals surface area contributed by atoms with Gasteiger partial charge in [0.1, 0.15) is 17.5 Å². The molecule has 0 spiro atoms. The number of benzene rings is 2. The Bertz CT molecular complexity index is 1020. The number of aryl methyl sites for hydroxylation is 1. The molecule has 6 nitrogen and oxygen atoms in total. The van der Waals surface area contributed by atoms with Gasteiger partial charge in [-0.25, -0.2) is 13.8 Å². The van der Waals surface area contributed by atoms with Crippen molar-refractivity contribution in [1.29, 1.82) is 0 Å². The molecule has 0 fully saturated rings. The second-order valence-electron chi connectivity index (χ2n) is 6.28. The standard InChI is InChI=1S/C20H20F2N4O2/c1-13-25-17-4-2-3-5-18(17)26(13)11-10-23-19(27)8-9-24-20(28)15-7-6-14(21)12-16(15)22/h2-7,12H,8-11H2,1H3,(H,23,27)(H,24,28). The first-order valence-corrected chi connectivity index (χ1v) is 8.87. The van der Waals surface area contributed by atoms with Crippen LogP contribution in [0.2, 0.25) is 0 Å². The normalized spacial score (nSPS) is 10.8.